The molecule has 1 atom stereocenters. The van der Waals surface area contributed by atoms with Crippen molar-refractivity contribution in [2.75, 3.05) is 7.05 Å². The van der Waals surface area contributed by atoms with Crippen LogP contribution in [-0.4, -0.2) is 24.2 Å². The van der Waals surface area contributed by atoms with Crippen molar-refractivity contribution in [3.8, 4) is 5.75 Å². The van der Waals surface area contributed by atoms with Crippen molar-refractivity contribution in [2.45, 2.75) is 53.1 Å². The van der Waals surface area contributed by atoms with E-state index in [-0.39, 0.29) is 29.7 Å². The van der Waals surface area contributed by atoms with E-state index in [4.69, 9.17) is 0 Å². The maximum atomic E-state index is 13.3. The predicted octanol–water partition coefficient (Wildman–Crippen LogP) is 4.03. The summed E-state index contributed by atoms with van der Waals surface area (Å²) in [6.45, 7) is 9.26. The van der Waals surface area contributed by atoms with Crippen LogP contribution in [0.5, 0.6) is 5.75 Å². The largest absolute Gasteiger partial charge is 0.505 e. The molecule has 0 fully saturated rings. The van der Waals surface area contributed by atoms with Crippen molar-refractivity contribution in [3.05, 3.63) is 29.6 Å². The second-order valence-corrected chi connectivity index (χ2v) is 6.86. The SMILES string of the molecule is CN=C(NCc1ccc(O)c(F)c1)NC(C)CCC(C)(C)C.I. The highest BCUT2D eigenvalue weighted by molar-refractivity contribution is 14.0. The van der Waals surface area contributed by atoms with Gasteiger partial charge in [0.15, 0.2) is 17.5 Å². The van der Waals surface area contributed by atoms with Crippen LogP contribution in [-0.2, 0) is 6.54 Å². The summed E-state index contributed by atoms with van der Waals surface area (Å²) in [7, 11) is 1.71. The van der Waals surface area contributed by atoms with E-state index in [0.717, 1.165) is 18.4 Å². The monoisotopic (exact) mass is 437 g/mol. The third-order valence-corrected chi connectivity index (χ3v) is 3.41. The van der Waals surface area contributed by atoms with Crippen LogP contribution in [0, 0.1) is 11.2 Å². The van der Waals surface area contributed by atoms with Crippen LogP contribution in [0.1, 0.15) is 46.1 Å². The summed E-state index contributed by atoms with van der Waals surface area (Å²) in [6.07, 6.45) is 2.18. The molecule has 0 bridgehead atoms. The molecule has 1 aromatic rings. The number of benzene rings is 1. The minimum absolute atomic E-state index is 0. The van der Waals surface area contributed by atoms with Gasteiger partial charge in [0.1, 0.15) is 0 Å². The molecule has 6 heteroatoms. The first-order chi connectivity index (χ1) is 10.2. The van der Waals surface area contributed by atoms with E-state index < -0.39 is 5.82 Å². The molecule has 0 aliphatic rings. The van der Waals surface area contributed by atoms with Crippen LogP contribution in [0.15, 0.2) is 23.2 Å². The van der Waals surface area contributed by atoms with Crippen LogP contribution < -0.4 is 10.6 Å². The fourth-order valence-electron chi connectivity index (χ4n) is 2.00. The van der Waals surface area contributed by atoms with Gasteiger partial charge in [0.25, 0.3) is 0 Å². The van der Waals surface area contributed by atoms with Crippen molar-refractivity contribution in [2.24, 2.45) is 10.4 Å². The van der Waals surface area contributed by atoms with E-state index in [1.807, 2.05) is 0 Å². The van der Waals surface area contributed by atoms with Gasteiger partial charge in [-0.25, -0.2) is 4.39 Å². The molecule has 3 N–H and O–H groups in total. The van der Waals surface area contributed by atoms with Crippen LogP contribution in [0.4, 0.5) is 4.39 Å². The minimum atomic E-state index is -0.610. The molecule has 0 saturated carbocycles. The highest BCUT2D eigenvalue weighted by Gasteiger charge is 2.13. The van der Waals surface area contributed by atoms with E-state index in [1.165, 1.54) is 12.1 Å². The number of aliphatic imine (C=N–C) groups is 1. The summed E-state index contributed by atoms with van der Waals surface area (Å²) < 4.78 is 13.3. The molecule has 132 valence electrons. The average molecular weight is 437 g/mol. The number of guanidine groups is 1. The van der Waals surface area contributed by atoms with Crippen LogP contribution in [0.25, 0.3) is 0 Å². The Morgan fingerprint density at radius 2 is 2.00 bits per heavy atom. The first-order valence-corrected chi connectivity index (χ1v) is 7.66. The summed E-state index contributed by atoms with van der Waals surface area (Å²) in [4.78, 5) is 4.18. The molecule has 0 radical (unpaired) electrons. The lowest BCUT2D eigenvalue weighted by Crippen LogP contribution is -2.42. The standard InChI is InChI=1S/C17H28FN3O.HI/c1-12(8-9-17(2,3)4)21-16(19-5)20-11-13-6-7-15(22)14(18)10-13;/h6-7,10,12,22H,8-9,11H2,1-5H3,(H2,19,20,21);1H. The van der Waals surface area contributed by atoms with E-state index >= 15 is 0 Å². The van der Waals surface area contributed by atoms with Crippen molar-refractivity contribution < 1.29 is 9.50 Å². The summed E-state index contributed by atoms with van der Waals surface area (Å²) in [5.74, 6) is -0.252. The minimum Gasteiger partial charge on any atom is -0.505 e. The second-order valence-electron chi connectivity index (χ2n) is 6.86. The molecule has 0 aliphatic heterocycles. The number of nitrogens with zero attached hydrogens (tertiary/aromatic N) is 1. The van der Waals surface area contributed by atoms with Crippen molar-refractivity contribution in [1.29, 1.82) is 0 Å². The first kappa shape index (κ1) is 21.9. The Bertz CT molecular complexity index is 515. The van der Waals surface area contributed by atoms with Crippen molar-refractivity contribution >= 4 is 29.9 Å². The maximum absolute atomic E-state index is 13.3. The van der Waals surface area contributed by atoms with Crippen molar-refractivity contribution in [3.63, 3.8) is 0 Å². The summed E-state index contributed by atoms with van der Waals surface area (Å²) in [5.41, 5.74) is 1.07. The number of hydrogen-bond donors (Lipinski definition) is 3. The topological polar surface area (TPSA) is 56.7 Å². The number of phenols is 1. The number of aromatic hydroxyl groups is 1. The molecule has 1 unspecified atom stereocenters. The number of nitrogens with one attached hydrogen (secondary N) is 2. The molecule has 0 aliphatic carbocycles. The molecule has 0 amide bonds. The third-order valence-electron chi connectivity index (χ3n) is 3.41. The van der Waals surface area contributed by atoms with Gasteiger partial charge in [0.05, 0.1) is 0 Å². The fourth-order valence-corrected chi connectivity index (χ4v) is 2.00. The second kappa shape index (κ2) is 9.95. The van der Waals surface area contributed by atoms with E-state index in [1.54, 1.807) is 13.1 Å². The number of phenolic OH excluding ortho intramolecular Hbond substituents is 1. The lowest BCUT2D eigenvalue weighted by molar-refractivity contribution is 0.346. The van der Waals surface area contributed by atoms with Gasteiger partial charge in [0.2, 0.25) is 0 Å². The third kappa shape index (κ3) is 8.98. The zero-order valence-electron chi connectivity index (χ0n) is 14.6. The zero-order valence-corrected chi connectivity index (χ0v) is 16.9. The Kier molecular flexibility index (Phi) is 9.49. The Labute approximate surface area is 156 Å². The quantitative estimate of drug-likeness (QED) is 0.371. The smallest absolute Gasteiger partial charge is 0.191 e. The van der Waals surface area contributed by atoms with Gasteiger partial charge in [-0.2, -0.15) is 0 Å². The molecular formula is C17H29FIN3O. The molecule has 1 rings (SSSR count). The molecule has 0 aromatic heterocycles. The normalized spacial score (nSPS) is 13.2. The Morgan fingerprint density at radius 3 is 2.52 bits per heavy atom. The Morgan fingerprint density at radius 1 is 1.35 bits per heavy atom. The van der Waals surface area contributed by atoms with Gasteiger partial charge >= 0.3 is 0 Å². The van der Waals surface area contributed by atoms with Crippen LogP contribution in [0.3, 0.4) is 0 Å². The Balaban J connectivity index is 0.00000484. The van der Waals surface area contributed by atoms with Crippen molar-refractivity contribution in [1.82, 2.24) is 10.6 Å². The zero-order chi connectivity index (χ0) is 16.8. The summed E-state index contributed by atoms with van der Waals surface area (Å²) in [6, 6.07) is 4.66. The molecular weight excluding hydrogens is 408 g/mol. The van der Waals surface area contributed by atoms with E-state index in [9.17, 15) is 9.50 Å². The Hall–Kier alpha value is -1.05. The van der Waals surface area contributed by atoms with Crippen LogP contribution in [0.2, 0.25) is 0 Å². The van der Waals surface area contributed by atoms with Gasteiger partial charge in [0, 0.05) is 19.6 Å². The molecule has 0 spiro atoms. The summed E-state index contributed by atoms with van der Waals surface area (Å²) >= 11 is 0. The molecule has 1 aromatic carbocycles. The number of rotatable bonds is 5. The molecule has 4 nitrogen and oxygen atoms in total. The molecule has 0 saturated heterocycles. The van der Waals surface area contributed by atoms with E-state index in [0.29, 0.717) is 24.0 Å². The average Bonchev–Trinajstić information content (AvgIpc) is 2.44. The number of hydrogen-bond acceptors (Lipinski definition) is 2. The van der Waals surface area contributed by atoms with Gasteiger partial charge < -0.3 is 15.7 Å². The van der Waals surface area contributed by atoms with Gasteiger partial charge in [-0.05, 0) is 42.9 Å². The maximum Gasteiger partial charge on any atom is 0.191 e. The predicted molar refractivity (Wildman–Crippen MR) is 105 cm³/mol. The van der Waals surface area contributed by atoms with E-state index in [2.05, 4.69) is 43.3 Å². The summed E-state index contributed by atoms with van der Waals surface area (Å²) in [5, 5.41) is 15.7. The lowest BCUT2D eigenvalue weighted by atomic mass is 9.89. The molecule has 23 heavy (non-hydrogen) atoms. The van der Waals surface area contributed by atoms with Gasteiger partial charge in [-0.3, -0.25) is 4.99 Å². The number of halogens is 2. The fraction of sp³-hybridized carbons (Fsp3) is 0.588. The lowest BCUT2D eigenvalue weighted by Gasteiger charge is -2.23. The van der Waals surface area contributed by atoms with Gasteiger partial charge in [-0.1, -0.05) is 26.8 Å². The highest BCUT2D eigenvalue weighted by Crippen LogP contribution is 2.21. The van der Waals surface area contributed by atoms with Crippen LogP contribution >= 0.6 is 24.0 Å². The highest BCUT2D eigenvalue weighted by atomic mass is 127. The first-order valence-electron chi connectivity index (χ1n) is 7.66. The van der Waals surface area contributed by atoms with Gasteiger partial charge in [-0.15, -0.1) is 24.0 Å². The molecule has 0 heterocycles.